The molecule has 1 aliphatic rings. The van der Waals surface area contributed by atoms with Crippen LogP contribution in [0.1, 0.15) is 48.3 Å². The summed E-state index contributed by atoms with van der Waals surface area (Å²) in [7, 11) is 0. The van der Waals surface area contributed by atoms with Gasteiger partial charge < -0.3 is 15.4 Å². The van der Waals surface area contributed by atoms with Gasteiger partial charge in [0, 0.05) is 37.6 Å². The fourth-order valence-electron chi connectivity index (χ4n) is 2.90. The number of hydrogen-bond donors (Lipinski definition) is 2. The maximum absolute atomic E-state index is 12.3. The molecule has 1 heterocycles. The van der Waals surface area contributed by atoms with Crippen molar-refractivity contribution in [3.63, 3.8) is 0 Å². The summed E-state index contributed by atoms with van der Waals surface area (Å²) in [6.45, 7) is 3.74. The summed E-state index contributed by atoms with van der Waals surface area (Å²) in [6.07, 6.45) is 4.89. The summed E-state index contributed by atoms with van der Waals surface area (Å²) >= 11 is 0. The first kappa shape index (κ1) is 20.7. The molecule has 0 bridgehead atoms. The van der Waals surface area contributed by atoms with Crippen LogP contribution >= 0.6 is 0 Å². The minimum absolute atomic E-state index is 0.145. The third kappa shape index (κ3) is 6.25. The number of benzene rings is 1. The number of ether oxygens (including phenoxy) is 1. The number of rotatable bonds is 11. The predicted molar refractivity (Wildman–Crippen MR) is 110 cm³/mol. The zero-order valence-electron chi connectivity index (χ0n) is 16.5. The summed E-state index contributed by atoms with van der Waals surface area (Å²) in [5.41, 5.74) is 1.23. The average molecular weight is 398 g/mol. The van der Waals surface area contributed by atoms with Gasteiger partial charge >= 0.3 is 0 Å². The number of nitro benzene ring substituents is 1. The molecular weight excluding hydrogens is 372 g/mol. The number of amides is 1. The quantitative estimate of drug-likeness (QED) is 0.339. The lowest BCUT2D eigenvalue weighted by Crippen LogP contribution is -2.25. The van der Waals surface area contributed by atoms with Gasteiger partial charge in [-0.2, -0.15) is 0 Å². The second kappa shape index (κ2) is 9.97. The Morgan fingerprint density at radius 2 is 2.17 bits per heavy atom. The first-order valence-electron chi connectivity index (χ1n) is 9.86. The Hall–Kier alpha value is -3.00. The molecule has 1 aromatic carbocycles. The average Bonchev–Trinajstić information content (AvgIpc) is 3.55. The maximum Gasteiger partial charge on any atom is 0.293 e. The maximum atomic E-state index is 12.3. The highest BCUT2D eigenvalue weighted by Crippen LogP contribution is 2.29. The van der Waals surface area contributed by atoms with Crippen LogP contribution in [-0.4, -0.2) is 35.6 Å². The zero-order chi connectivity index (χ0) is 20.6. The zero-order valence-corrected chi connectivity index (χ0v) is 16.5. The molecule has 1 aliphatic carbocycles. The molecule has 0 radical (unpaired) electrons. The molecular formula is C21H26N4O4. The van der Waals surface area contributed by atoms with E-state index < -0.39 is 4.92 Å². The monoisotopic (exact) mass is 398 g/mol. The molecule has 8 heteroatoms. The molecule has 0 saturated heterocycles. The van der Waals surface area contributed by atoms with Gasteiger partial charge in [0.1, 0.15) is 5.69 Å². The molecule has 154 valence electrons. The van der Waals surface area contributed by atoms with Gasteiger partial charge in [-0.05, 0) is 56.4 Å². The number of pyridine rings is 1. The Balaban J connectivity index is 1.56. The first-order valence-corrected chi connectivity index (χ1v) is 9.86. The van der Waals surface area contributed by atoms with E-state index in [0.717, 1.165) is 18.2 Å². The molecule has 8 nitrogen and oxygen atoms in total. The van der Waals surface area contributed by atoms with E-state index in [1.54, 1.807) is 18.3 Å². The Bertz CT molecular complexity index is 840. The third-order valence-electron chi connectivity index (χ3n) is 4.76. The summed E-state index contributed by atoms with van der Waals surface area (Å²) < 4.78 is 5.53. The molecule has 1 atom stereocenters. The molecule has 2 N–H and O–H groups in total. The Kier molecular flexibility index (Phi) is 7.13. The topological polar surface area (TPSA) is 106 Å². The largest absolute Gasteiger partial charge is 0.381 e. The van der Waals surface area contributed by atoms with Crippen molar-refractivity contribution in [1.29, 1.82) is 0 Å². The van der Waals surface area contributed by atoms with Crippen molar-refractivity contribution in [1.82, 2.24) is 10.3 Å². The number of carbonyl (C=O) groups is 1. The van der Waals surface area contributed by atoms with Gasteiger partial charge in [0.15, 0.2) is 0 Å². The summed E-state index contributed by atoms with van der Waals surface area (Å²) in [4.78, 5) is 27.6. The lowest BCUT2D eigenvalue weighted by atomic mass is 10.1. The van der Waals surface area contributed by atoms with Crippen LogP contribution in [0.5, 0.6) is 0 Å². The summed E-state index contributed by atoms with van der Waals surface area (Å²) in [5.74, 6) is 0.386. The highest BCUT2D eigenvalue weighted by atomic mass is 16.6. The molecule has 1 saturated carbocycles. The van der Waals surface area contributed by atoms with E-state index >= 15 is 0 Å². The van der Waals surface area contributed by atoms with Gasteiger partial charge in [-0.15, -0.1) is 0 Å². The van der Waals surface area contributed by atoms with Crippen LogP contribution in [0.15, 0.2) is 42.6 Å². The van der Waals surface area contributed by atoms with Crippen molar-refractivity contribution >= 4 is 17.3 Å². The molecule has 1 amide bonds. The normalized spacial score (nSPS) is 14.2. The molecule has 0 spiro atoms. The van der Waals surface area contributed by atoms with E-state index in [0.29, 0.717) is 25.3 Å². The van der Waals surface area contributed by atoms with Gasteiger partial charge in [0.05, 0.1) is 16.7 Å². The lowest BCUT2D eigenvalue weighted by Gasteiger charge is -2.15. The molecule has 0 aliphatic heterocycles. The van der Waals surface area contributed by atoms with Gasteiger partial charge in [-0.1, -0.05) is 6.07 Å². The molecule has 1 aromatic heterocycles. The Labute approximate surface area is 169 Å². The standard InChI is InChI=1S/C21H26N4O4/c1-15(18-5-2-3-10-22-18)24-19-9-8-17(13-20(19)25(27)28)21(26)23-11-4-12-29-14-16-6-7-16/h2-3,5,8-10,13,15-16,24H,4,6-7,11-12,14H2,1H3,(H,23,26). The van der Waals surface area contributed by atoms with E-state index in [2.05, 4.69) is 15.6 Å². The van der Waals surface area contributed by atoms with Crippen LogP contribution in [0, 0.1) is 16.0 Å². The summed E-state index contributed by atoms with van der Waals surface area (Å²) in [6, 6.07) is 9.74. The highest BCUT2D eigenvalue weighted by Gasteiger charge is 2.21. The van der Waals surface area contributed by atoms with Gasteiger partial charge in [0.2, 0.25) is 0 Å². The number of anilines is 1. The third-order valence-corrected chi connectivity index (χ3v) is 4.76. The number of carbonyl (C=O) groups excluding carboxylic acids is 1. The number of nitrogens with zero attached hydrogens (tertiary/aromatic N) is 2. The SMILES string of the molecule is CC(Nc1ccc(C(=O)NCCCOCC2CC2)cc1[N+](=O)[O-])c1ccccn1. The van der Waals surface area contributed by atoms with E-state index in [-0.39, 0.29) is 23.2 Å². The van der Waals surface area contributed by atoms with Crippen molar-refractivity contribution in [2.24, 2.45) is 5.92 Å². The van der Waals surface area contributed by atoms with Crippen molar-refractivity contribution in [3.8, 4) is 0 Å². The number of nitro groups is 1. The van der Waals surface area contributed by atoms with Crippen molar-refractivity contribution in [3.05, 3.63) is 64.0 Å². The fourth-order valence-corrected chi connectivity index (χ4v) is 2.90. The number of hydrogen-bond acceptors (Lipinski definition) is 6. The minimum atomic E-state index is -0.490. The van der Waals surface area contributed by atoms with Crippen molar-refractivity contribution in [2.75, 3.05) is 25.1 Å². The van der Waals surface area contributed by atoms with E-state index in [9.17, 15) is 14.9 Å². The van der Waals surface area contributed by atoms with Gasteiger partial charge in [-0.25, -0.2) is 0 Å². The van der Waals surface area contributed by atoms with Crippen LogP contribution in [0.2, 0.25) is 0 Å². The number of nitrogens with one attached hydrogen (secondary N) is 2. The number of aromatic nitrogens is 1. The van der Waals surface area contributed by atoms with Crippen LogP contribution < -0.4 is 10.6 Å². The minimum Gasteiger partial charge on any atom is -0.381 e. The van der Waals surface area contributed by atoms with Gasteiger partial charge in [-0.3, -0.25) is 19.9 Å². The molecule has 29 heavy (non-hydrogen) atoms. The molecule has 3 rings (SSSR count). The first-order chi connectivity index (χ1) is 14.0. The second-order valence-electron chi connectivity index (χ2n) is 7.24. The molecule has 1 fully saturated rings. The van der Waals surface area contributed by atoms with Crippen molar-refractivity contribution < 1.29 is 14.5 Å². The van der Waals surface area contributed by atoms with E-state index in [1.807, 2.05) is 25.1 Å². The molecule has 1 unspecified atom stereocenters. The fraction of sp³-hybridized carbons (Fsp3) is 0.429. The Morgan fingerprint density at radius 1 is 1.34 bits per heavy atom. The Morgan fingerprint density at radius 3 is 2.86 bits per heavy atom. The molecule has 2 aromatic rings. The van der Waals surface area contributed by atoms with Gasteiger partial charge in [0.25, 0.3) is 11.6 Å². The van der Waals surface area contributed by atoms with E-state index in [1.165, 1.54) is 18.9 Å². The van der Waals surface area contributed by atoms with Crippen LogP contribution in [-0.2, 0) is 4.74 Å². The van der Waals surface area contributed by atoms with Crippen molar-refractivity contribution in [2.45, 2.75) is 32.2 Å². The second-order valence-corrected chi connectivity index (χ2v) is 7.24. The van der Waals surface area contributed by atoms with Crippen LogP contribution in [0.25, 0.3) is 0 Å². The van der Waals surface area contributed by atoms with Crippen LogP contribution in [0.3, 0.4) is 0 Å². The highest BCUT2D eigenvalue weighted by molar-refractivity contribution is 5.95. The lowest BCUT2D eigenvalue weighted by molar-refractivity contribution is -0.384. The van der Waals surface area contributed by atoms with E-state index in [4.69, 9.17) is 4.74 Å². The summed E-state index contributed by atoms with van der Waals surface area (Å²) in [5, 5.41) is 17.4. The van der Waals surface area contributed by atoms with Crippen LogP contribution in [0.4, 0.5) is 11.4 Å². The predicted octanol–water partition coefficient (Wildman–Crippen LogP) is 3.71. The smallest absolute Gasteiger partial charge is 0.293 e.